The maximum atomic E-state index is 2.80. The van der Waals surface area contributed by atoms with Gasteiger partial charge in [-0.1, -0.05) is 6.42 Å². The predicted molar refractivity (Wildman–Crippen MR) is 98.4 cm³/mol. The van der Waals surface area contributed by atoms with Gasteiger partial charge in [-0.25, -0.2) is 0 Å². The maximum absolute atomic E-state index is 2.80. The molecule has 5 rings (SSSR count). The van der Waals surface area contributed by atoms with Crippen molar-refractivity contribution in [3.63, 3.8) is 0 Å². The molecule has 136 valence electrons. The van der Waals surface area contributed by atoms with Crippen molar-refractivity contribution < 1.29 is 0 Å². The van der Waals surface area contributed by atoms with Crippen molar-refractivity contribution in [2.24, 2.45) is 5.41 Å². The fourth-order valence-electron chi connectivity index (χ4n) is 5.44. The minimum atomic E-state index is 0.642. The van der Waals surface area contributed by atoms with Gasteiger partial charge in [-0.2, -0.15) is 0 Å². The second kappa shape index (κ2) is 6.53. The number of piperazine rings is 2. The summed E-state index contributed by atoms with van der Waals surface area (Å²) in [5.41, 5.74) is 0.642. The smallest absolute Gasteiger partial charge is 0.0113 e. The van der Waals surface area contributed by atoms with Gasteiger partial charge in [-0.3, -0.25) is 9.80 Å². The molecule has 0 aromatic carbocycles. The molecular weight excluding hydrogens is 296 g/mol. The van der Waals surface area contributed by atoms with Crippen LogP contribution in [0.5, 0.6) is 0 Å². The van der Waals surface area contributed by atoms with Crippen molar-refractivity contribution >= 4 is 0 Å². The summed E-state index contributed by atoms with van der Waals surface area (Å²) >= 11 is 0. The van der Waals surface area contributed by atoms with E-state index < -0.39 is 0 Å². The highest BCUT2D eigenvalue weighted by Crippen LogP contribution is 2.43. The number of nitrogens with zero attached hydrogens (tertiary/aromatic N) is 4. The number of hydrogen-bond acceptors (Lipinski definition) is 4. The molecule has 4 nitrogen and oxygen atoms in total. The van der Waals surface area contributed by atoms with E-state index in [9.17, 15) is 0 Å². The van der Waals surface area contributed by atoms with Crippen LogP contribution in [0.2, 0.25) is 0 Å². The largest absolute Gasteiger partial charge is 0.300 e. The third-order valence-corrected chi connectivity index (χ3v) is 7.47. The molecule has 0 radical (unpaired) electrons. The molecule has 3 aliphatic carbocycles. The van der Waals surface area contributed by atoms with Crippen LogP contribution in [0, 0.1) is 5.41 Å². The molecule has 0 bridgehead atoms. The van der Waals surface area contributed by atoms with Crippen molar-refractivity contribution in [3.8, 4) is 0 Å². The van der Waals surface area contributed by atoms with E-state index in [-0.39, 0.29) is 0 Å². The molecule has 0 aromatic heterocycles. The van der Waals surface area contributed by atoms with Crippen molar-refractivity contribution in [1.29, 1.82) is 0 Å². The lowest BCUT2D eigenvalue weighted by molar-refractivity contribution is -0.00457. The molecule has 0 unspecified atom stereocenters. The zero-order valence-corrected chi connectivity index (χ0v) is 15.5. The summed E-state index contributed by atoms with van der Waals surface area (Å²) in [6.45, 7) is 13.4. The van der Waals surface area contributed by atoms with Crippen LogP contribution >= 0.6 is 0 Å². The highest BCUT2D eigenvalue weighted by molar-refractivity contribution is 4.96. The van der Waals surface area contributed by atoms with Gasteiger partial charge in [0, 0.05) is 77.5 Å². The van der Waals surface area contributed by atoms with Crippen LogP contribution in [0.3, 0.4) is 0 Å². The molecule has 5 fully saturated rings. The first-order valence-corrected chi connectivity index (χ1v) is 10.7. The Kier molecular flexibility index (Phi) is 4.37. The monoisotopic (exact) mass is 332 g/mol. The lowest BCUT2D eigenvalue weighted by Gasteiger charge is -2.50. The van der Waals surface area contributed by atoms with Gasteiger partial charge < -0.3 is 9.80 Å². The third kappa shape index (κ3) is 3.53. The number of hydrogen-bond donors (Lipinski definition) is 0. The van der Waals surface area contributed by atoms with Crippen LogP contribution in [0.1, 0.15) is 44.9 Å². The fourth-order valence-corrected chi connectivity index (χ4v) is 5.44. The molecule has 4 heteroatoms. The molecule has 0 spiro atoms. The molecular formula is C20H36N4. The first kappa shape index (κ1) is 16.0. The van der Waals surface area contributed by atoms with Crippen LogP contribution in [0.25, 0.3) is 0 Å². The van der Waals surface area contributed by atoms with Gasteiger partial charge in [0.1, 0.15) is 0 Å². The summed E-state index contributed by atoms with van der Waals surface area (Å²) in [5, 5.41) is 0. The average Bonchev–Trinajstić information content (AvgIpc) is 3.47. The zero-order chi connectivity index (χ0) is 16.0. The highest BCUT2D eigenvalue weighted by atomic mass is 15.3. The van der Waals surface area contributed by atoms with Gasteiger partial charge in [0.25, 0.3) is 0 Å². The normalized spacial score (nSPS) is 33.5. The molecule has 0 aromatic rings. The van der Waals surface area contributed by atoms with E-state index in [1.165, 1.54) is 110 Å². The van der Waals surface area contributed by atoms with Crippen molar-refractivity contribution in [2.45, 2.75) is 57.0 Å². The van der Waals surface area contributed by atoms with Gasteiger partial charge >= 0.3 is 0 Å². The lowest BCUT2D eigenvalue weighted by Crippen LogP contribution is -2.56. The van der Waals surface area contributed by atoms with Crippen LogP contribution in [0.15, 0.2) is 0 Å². The van der Waals surface area contributed by atoms with E-state index in [4.69, 9.17) is 0 Å². The summed E-state index contributed by atoms with van der Waals surface area (Å²) in [6, 6.07) is 1.93. The standard InChI is InChI=1S/C20H36N4/c1-6-20(7-1,16-21-8-12-23(13-9-21)18-2-3-18)17-22-10-14-24(15-11-22)19-4-5-19/h18-19H,1-17H2. The molecule has 2 aliphatic heterocycles. The summed E-state index contributed by atoms with van der Waals surface area (Å²) in [6.07, 6.45) is 10.3. The van der Waals surface area contributed by atoms with E-state index in [2.05, 4.69) is 19.6 Å². The third-order valence-electron chi connectivity index (χ3n) is 7.47. The van der Waals surface area contributed by atoms with E-state index in [0.29, 0.717) is 5.41 Å². The molecule has 24 heavy (non-hydrogen) atoms. The van der Waals surface area contributed by atoms with Crippen molar-refractivity contribution in [1.82, 2.24) is 19.6 Å². The minimum absolute atomic E-state index is 0.642. The molecule has 2 saturated heterocycles. The molecule has 0 atom stereocenters. The fraction of sp³-hybridized carbons (Fsp3) is 1.00. The van der Waals surface area contributed by atoms with E-state index >= 15 is 0 Å². The van der Waals surface area contributed by atoms with Crippen molar-refractivity contribution in [2.75, 3.05) is 65.4 Å². The summed E-state index contributed by atoms with van der Waals surface area (Å²) in [4.78, 5) is 11.1. The van der Waals surface area contributed by atoms with Crippen molar-refractivity contribution in [3.05, 3.63) is 0 Å². The van der Waals surface area contributed by atoms with Gasteiger partial charge in [0.2, 0.25) is 0 Å². The predicted octanol–water partition coefficient (Wildman–Crippen LogP) is 1.72. The van der Waals surface area contributed by atoms with Crippen LogP contribution in [0.4, 0.5) is 0 Å². The van der Waals surface area contributed by atoms with E-state index in [0.717, 1.165) is 12.1 Å². The molecule has 0 amide bonds. The first-order chi connectivity index (χ1) is 11.8. The Hall–Kier alpha value is -0.160. The van der Waals surface area contributed by atoms with Crippen LogP contribution < -0.4 is 0 Å². The molecule has 0 N–H and O–H groups in total. The van der Waals surface area contributed by atoms with Gasteiger partial charge in [0.15, 0.2) is 0 Å². The molecule has 2 heterocycles. The van der Waals surface area contributed by atoms with Gasteiger partial charge in [0.05, 0.1) is 0 Å². The second-order valence-corrected chi connectivity index (χ2v) is 9.44. The van der Waals surface area contributed by atoms with Gasteiger partial charge in [-0.05, 0) is 43.9 Å². The average molecular weight is 333 g/mol. The Morgan fingerprint density at radius 2 is 1.00 bits per heavy atom. The quantitative estimate of drug-likeness (QED) is 0.734. The Bertz CT molecular complexity index is 389. The van der Waals surface area contributed by atoms with Crippen LogP contribution in [-0.2, 0) is 0 Å². The van der Waals surface area contributed by atoms with Gasteiger partial charge in [-0.15, -0.1) is 0 Å². The topological polar surface area (TPSA) is 13.0 Å². The Balaban J connectivity index is 1.10. The summed E-state index contributed by atoms with van der Waals surface area (Å²) < 4.78 is 0. The lowest BCUT2D eigenvalue weighted by atomic mass is 9.68. The highest BCUT2D eigenvalue weighted by Gasteiger charge is 2.42. The van der Waals surface area contributed by atoms with E-state index in [1.807, 2.05) is 0 Å². The SMILES string of the molecule is C1CC(CN2CCN(C3CC3)CC2)(CN2CCN(C3CC3)CC2)C1. The Morgan fingerprint density at radius 1 is 0.583 bits per heavy atom. The zero-order valence-electron chi connectivity index (χ0n) is 15.5. The second-order valence-electron chi connectivity index (χ2n) is 9.44. The maximum Gasteiger partial charge on any atom is 0.0113 e. The number of rotatable bonds is 6. The van der Waals surface area contributed by atoms with E-state index in [1.54, 1.807) is 0 Å². The Morgan fingerprint density at radius 3 is 1.29 bits per heavy atom. The first-order valence-electron chi connectivity index (χ1n) is 10.7. The Labute approximate surface area is 148 Å². The molecule has 5 aliphatic rings. The summed E-state index contributed by atoms with van der Waals surface area (Å²) in [5.74, 6) is 0. The van der Waals surface area contributed by atoms with Crippen LogP contribution in [-0.4, -0.2) is 97.1 Å². The molecule has 3 saturated carbocycles. The minimum Gasteiger partial charge on any atom is -0.300 e. The summed E-state index contributed by atoms with van der Waals surface area (Å²) in [7, 11) is 0.